The smallest absolute Gasteiger partial charge is 0.340 e. The third-order valence-corrected chi connectivity index (χ3v) is 3.83. The van der Waals surface area contributed by atoms with Gasteiger partial charge in [-0.1, -0.05) is 4.40 Å². The molecule has 5 nitrogen and oxygen atoms in total. The Morgan fingerprint density at radius 2 is 1.90 bits per heavy atom. The Kier molecular flexibility index (Phi) is 5.28. The summed E-state index contributed by atoms with van der Waals surface area (Å²) in [6.45, 7) is 11.0. The topological polar surface area (TPSA) is 66.7 Å². The van der Waals surface area contributed by atoms with Crippen LogP contribution in [0, 0.1) is 0 Å². The zero-order valence-corrected chi connectivity index (χ0v) is 14.6. The van der Waals surface area contributed by atoms with Crippen molar-refractivity contribution in [3.63, 3.8) is 0 Å². The fourth-order valence-electron chi connectivity index (χ4n) is 1.42. The third-order valence-electron chi connectivity index (χ3n) is 2.48. The maximum atomic E-state index is 12.0. The van der Waals surface area contributed by atoms with Gasteiger partial charge >= 0.3 is 5.97 Å². The average molecular weight is 312 g/mol. The summed E-state index contributed by atoms with van der Waals surface area (Å²) in [5.74, 6) is -0.380. The second-order valence-corrected chi connectivity index (χ2v) is 8.80. The summed E-state index contributed by atoms with van der Waals surface area (Å²) in [6, 6.07) is 1.68. The molecule has 21 heavy (non-hydrogen) atoms. The molecule has 0 fully saturated rings. The molecule has 0 aliphatic rings. The highest BCUT2D eigenvalue weighted by atomic mass is 32.2. The first kappa shape index (κ1) is 17.8. The van der Waals surface area contributed by atoms with Crippen LogP contribution < -0.4 is 0 Å². The van der Waals surface area contributed by atoms with Crippen LogP contribution in [0.15, 0.2) is 16.7 Å². The lowest BCUT2D eigenvalue weighted by atomic mass is 10.2. The summed E-state index contributed by atoms with van der Waals surface area (Å²) in [4.78, 5) is 12.0. The van der Waals surface area contributed by atoms with Gasteiger partial charge in [0.15, 0.2) is 0 Å². The van der Waals surface area contributed by atoms with Gasteiger partial charge in [0.25, 0.3) is 0 Å². The molecule has 0 aliphatic heterocycles. The van der Waals surface area contributed by atoms with Crippen molar-refractivity contribution < 1.29 is 14.1 Å². The Bertz CT molecular complexity index is 536. The van der Waals surface area contributed by atoms with Gasteiger partial charge in [-0.2, -0.15) is 0 Å². The fourth-order valence-corrected chi connectivity index (χ4v) is 1.94. The Balaban J connectivity index is 2.89. The van der Waals surface area contributed by atoms with Gasteiger partial charge in [-0.25, -0.2) is 4.79 Å². The Morgan fingerprint density at radius 1 is 1.33 bits per heavy atom. The van der Waals surface area contributed by atoms with Crippen LogP contribution in [-0.4, -0.2) is 31.7 Å². The summed E-state index contributed by atoms with van der Waals surface area (Å²) in [6.07, 6.45) is 3.20. The van der Waals surface area contributed by atoms with Crippen LogP contribution in [0.1, 0.15) is 57.6 Å². The molecule has 0 saturated heterocycles. The molecule has 0 unspecified atom stereocenters. The average Bonchev–Trinajstić information content (AvgIpc) is 2.64. The molecular formula is C15H24N2O3S. The van der Waals surface area contributed by atoms with Crippen LogP contribution in [0.25, 0.3) is 0 Å². The first-order valence-corrected chi connectivity index (χ1v) is 7.86. The number of ether oxygens (including phenoxy) is 1. The molecule has 1 aromatic heterocycles. The van der Waals surface area contributed by atoms with Crippen LogP contribution in [0.2, 0.25) is 0 Å². The lowest BCUT2D eigenvalue weighted by Crippen LogP contribution is -2.25. The molecule has 6 heteroatoms. The molecule has 0 amide bonds. The molecule has 0 aromatic carbocycles. The van der Waals surface area contributed by atoms with E-state index in [0.29, 0.717) is 11.3 Å². The molecule has 0 aliphatic carbocycles. The molecule has 1 heterocycles. The number of hydrogen-bond acceptors (Lipinski definition) is 4. The quantitative estimate of drug-likeness (QED) is 0.489. The molecule has 1 rings (SSSR count). The summed E-state index contributed by atoms with van der Waals surface area (Å²) >= 11 is -1.32. The maximum absolute atomic E-state index is 12.0. The highest BCUT2D eigenvalue weighted by Gasteiger charge is 2.26. The minimum absolute atomic E-state index is 0.380. The predicted molar refractivity (Wildman–Crippen MR) is 86.1 cm³/mol. The summed E-state index contributed by atoms with van der Waals surface area (Å²) in [7, 11) is 1.80. The van der Waals surface area contributed by atoms with Gasteiger partial charge in [0.2, 0.25) is 0 Å². The van der Waals surface area contributed by atoms with Crippen molar-refractivity contribution in [2.45, 2.75) is 51.9 Å². The number of esters is 1. The van der Waals surface area contributed by atoms with Crippen LogP contribution in [0.5, 0.6) is 0 Å². The van der Waals surface area contributed by atoms with E-state index in [2.05, 4.69) is 4.40 Å². The monoisotopic (exact) mass is 312 g/mol. The summed E-state index contributed by atoms with van der Waals surface area (Å²) in [5, 5.41) is 0. The second kappa shape index (κ2) is 6.23. The van der Waals surface area contributed by atoms with Crippen molar-refractivity contribution >= 4 is 23.5 Å². The van der Waals surface area contributed by atoms with Gasteiger partial charge in [-0.05, 0) is 47.6 Å². The van der Waals surface area contributed by atoms with E-state index >= 15 is 0 Å². The zero-order chi connectivity index (χ0) is 16.4. The third kappa shape index (κ3) is 5.55. The van der Waals surface area contributed by atoms with Crippen molar-refractivity contribution in [1.82, 2.24) is 4.57 Å². The minimum Gasteiger partial charge on any atom is -0.591 e. The summed E-state index contributed by atoms with van der Waals surface area (Å²) < 4.78 is 22.6. The standard InChI is InChI=1S/C15H24N2O3S/c1-14(2,3)20-13(18)11-8-12(17(7)10-11)9-16-21(19)15(4,5)6/h8-10H,1-7H3/t21-/m0/s1. The largest absolute Gasteiger partial charge is 0.591 e. The van der Waals surface area contributed by atoms with Crippen LogP contribution in [-0.2, 0) is 23.1 Å². The normalized spacial score (nSPS) is 14.5. The zero-order valence-electron chi connectivity index (χ0n) is 13.8. The molecular weight excluding hydrogens is 288 g/mol. The highest BCUT2D eigenvalue weighted by molar-refractivity contribution is 7.91. The molecule has 118 valence electrons. The number of nitrogens with zero attached hydrogens (tertiary/aromatic N) is 2. The molecule has 0 bridgehead atoms. The predicted octanol–water partition coefficient (Wildman–Crippen LogP) is 2.86. The number of aromatic nitrogens is 1. The van der Waals surface area contributed by atoms with Crippen LogP contribution in [0.3, 0.4) is 0 Å². The maximum Gasteiger partial charge on any atom is 0.340 e. The van der Waals surface area contributed by atoms with E-state index in [1.165, 1.54) is 6.21 Å². The van der Waals surface area contributed by atoms with Crippen molar-refractivity contribution in [2.24, 2.45) is 11.4 Å². The minimum atomic E-state index is -1.32. The van der Waals surface area contributed by atoms with Crippen molar-refractivity contribution in [3.05, 3.63) is 23.5 Å². The van der Waals surface area contributed by atoms with Crippen LogP contribution in [0.4, 0.5) is 0 Å². The fraction of sp³-hybridized carbons (Fsp3) is 0.600. The highest BCUT2D eigenvalue weighted by Crippen LogP contribution is 2.18. The lowest BCUT2D eigenvalue weighted by Gasteiger charge is -2.18. The second-order valence-electron chi connectivity index (χ2n) is 6.86. The van der Waals surface area contributed by atoms with Crippen molar-refractivity contribution in [2.75, 3.05) is 0 Å². The molecule has 1 aromatic rings. The molecule has 1 atom stereocenters. The van der Waals surface area contributed by atoms with Gasteiger partial charge in [0, 0.05) is 13.2 Å². The summed E-state index contributed by atoms with van der Waals surface area (Å²) in [5.41, 5.74) is 0.624. The number of rotatable bonds is 3. The van der Waals surface area contributed by atoms with E-state index in [1.807, 2.05) is 41.5 Å². The van der Waals surface area contributed by atoms with E-state index in [1.54, 1.807) is 23.9 Å². The van der Waals surface area contributed by atoms with Gasteiger partial charge in [0.05, 0.1) is 11.3 Å². The van der Waals surface area contributed by atoms with Crippen LogP contribution >= 0.6 is 0 Å². The molecule has 0 N–H and O–H groups in total. The molecule has 0 spiro atoms. The Morgan fingerprint density at radius 3 is 2.38 bits per heavy atom. The van der Waals surface area contributed by atoms with E-state index in [0.717, 1.165) is 0 Å². The first-order valence-electron chi connectivity index (χ1n) is 6.76. The SMILES string of the molecule is Cn1cc(C(=O)OC(C)(C)C)cc1C=N[S@@+]([O-])C(C)(C)C. The first-order chi connectivity index (χ1) is 9.40. The number of carbonyl (C=O) groups excluding carboxylic acids is 1. The van der Waals surface area contributed by atoms with E-state index in [9.17, 15) is 9.35 Å². The Labute approximate surface area is 129 Å². The van der Waals surface area contributed by atoms with Crippen molar-refractivity contribution in [1.29, 1.82) is 0 Å². The molecule has 0 saturated carbocycles. The van der Waals surface area contributed by atoms with Gasteiger partial charge in [-0.15, -0.1) is 0 Å². The van der Waals surface area contributed by atoms with Gasteiger partial charge in [0.1, 0.15) is 27.9 Å². The Hall–Kier alpha value is -1.27. The van der Waals surface area contributed by atoms with Gasteiger partial charge < -0.3 is 13.9 Å². The van der Waals surface area contributed by atoms with Gasteiger partial charge in [-0.3, -0.25) is 0 Å². The van der Waals surface area contributed by atoms with E-state index < -0.39 is 21.7 Å². The van der Waals surface area contributed by atoms with E-state index in [4.69, 9.17) is 4.74 Å². The number of aryl methyl sites for hydroxylation is 1. The number of hydrogen-bond donors (Lipinski definition) is 0. The van der Waals surface area contributed by atoms with E-state index in [-0.39, 0.29) is 5.97 Å². The lowest BCUT2D eigenvalue weighted by molar-refractivity contribution is 0.00695. The molecule has 0 radical (unpaired) electrons. The number of carbonyl (C=O) groups is 1. The van der Waals surface area contributed by atoms with Crippen molar-refractivity contribution in [3.8, 4) is 0 Å².